The smallest absolute Gasteiger partial charge is 0.130 e. The molecule has 1 fully saturated rings. The minimum Gasteiger partial charge on any atom is -0.381 e. The maximum Gasteiger partial charge on any atom is 0.130 e. The van der Waals surface area contributed by atoms with E-state index in [4.69, 9.17) is 4.74 Å². The van der Waals surface area contributed by atoms with Gasteiger partial charge < -0.3 is 10.1 Å². The van der Waals surface area contributed by atoms with E-state index in [1.807, 2.05) is 12.3 Å². The molecule has 2 heterocycles. The standard InChI is InChI=1S/C11H17N3OS/c1-8(9-3-4-15-6-9)14-10-5-11(16-2)13-7-12-10/h5,7-9H,3-4,6H2,1-2H3,(H,12,13,14). The summed E-state index contributed by atoms with van der Waals surface area (Å²) in [7, 11) is 0. The summed E-state index contributed by atoms with van der Waals surface area (Å²) in [5.41, 5.74) is 0. The maximum absolute atomic E-state index is 5.38. The van der Waals surface area contributed by atoms with Gasteiger partial charge in [0, 0.05) is 24.6 Å². The molecule has 88 valence electrons. The molecular weight excluding hydrogens is 222 g/mol. The average Bonchev–Trinajstić information content (AvgIpc) is 2.83. The second-order valence-corrected chi connectivity index (χ2v) is 4.83. The van der Waals surface area contributed by atoms with Gasteiger partial charge in [-0.1, -0.05) is 0 Å². The van der Waals surface area contributed by atoms with Crippen molar-refractivity contribution in [2.75, 3.05) is 24.8 Å². The van der Waals surface area contributed by atoms with Gasteiger partial charge in [0.15, 0.2) is 0 Å². The largest absolute Gasteiger partial charge is 0.381 e. The molecule has 1 aliphatic rings. The maximum atomic E-state index is 5.38. The van der Waals surface area contributed by atoms with Gasteiger partial charge in [0.2, 0.25) is 0 Å². The Labute approximate surface area is 100 Å². The van der Waals surface area contributed by atoms with E-state index >= 15 is 0 Å². The van der Waals surface area contributed by atoms with E-state index in [2.05, 4.69) is 22.2 Å². The summed E-state index contributed by atoms with van der Waals surface area (Å²) in [6, 6.07) is 2.38. The molecule has 1 N–H and O–H groups in total. The van der Waals surface area contributed by atoms with Crippen molar-refractivity contribution >= 4 is 17.6 Å². The normalized spacial score (nSPS) is 22.0. The summed E-state index contributed by atoms with van der Waals surface area (Å²) in [5.74, 6) is 1.49. The monoisotopic (exact) mass is 239 g/mol. The van der Waals surface area contributed by atoms with Crippen molar-refractivity contribution < 1.29 is 4.74 Å². The van der Waals surface area contributed by atoms with Gasteiger partial charge in [-0.25, -0.2) is 9.97 Å². The third-order valence-electron chi connectivity index (χ3n) is 2.90. The zero-order chi connectivity index (χ0) is 11.4. The van der Waals surface area contributed by atoms with Crippen LogP contribution in [0.5, 0.6) is 0 Å². The van der Waals surface area contributed by atoms with Crippen molar-refractivity contribution in [1.29, 1.82) is 0 Å². The molecule has 1 aromatic rings. The second kappa shape index (κ2) is 5.50. The van der Waals surface area contributed by atoms with Crippen LogP contribution in [0.2, 0.25) is 0 Å². The highest BCUT2D eigenvalue weighted by Gasteiger charge is 2.22. The van der Waals surface area contributed by atoms with Gasteiger partial charge >= 0.3 is 0 Å². The molecule has 4 nitrogen and oxygen atoms in total. The lowest BCUT2D eigenvalue weighted by atomic mass is 10.0. The molecule has 0 spiro atoms. The second-order valence-electron chi connectivity index (χ2n) is 4.00. The minimum atomic E-state index is 0.395. The van der Waals surface area contributed by atoms with Gasteiger partial charge in [0.1, 0.15) is 17.2 Å². The molecule has 2 atom stereocenters. The Hall–Kier alpha value is -0.810. The zero-order valence-corrected chi connectivity index (χ0v) is 10.5. The van der Waals surface area contributed by atoms with Crippen molar-refractivity contribution in [3.63, 3.8) is 0 Å². The quantitative estimate of drug-likeness (QED) is 0.643. The lowest BCUT2D eigenvalue weighted by Crippen LogP contribution is -2.26. The van der Waals surface area contributed by atoms with Gasteiger partial charge in [-0.05, 0) is 19.6 Å². The van der Waals surface area contributed by atoms with Crippen LogP contribution in [-0.2, 0) is 4.74 Å². The van der Waals surface area contributed by atoms with E-state index in [1.165, 1.54) is 0 Å². The molecule has 1 aliphatic heterocycles. The van der Waals surface area contributed by atoms with Crippen LogP contribution in [0.15, 0.2) is 17.4 Å². The fraction of sp³-hybridized carbons (Fsp3) is 0.636. The van der Waals surface area contributed by atoms with E-state index < -0.39 is 0 Å². The zero-order valence-electron chi connectivity index (χ0n) is 9.64. The Balaban J connectivity index is 1.96. The fourth-order valence-corrected chi connectivity index (χ4v) is 2.21. The summed E-state index contributed by atoms with van der Waals surface area (Å²) in [5, 5.41) is 4.41. The minimum absolute atomic E-state index is 0.395. The third kappa shape index (κ3) is 2.86. The molecule has 1 saturated heterocycles. The molecular formula is C11H17N3OS. The van der Waals surface area contributed by atoms with E-state index in [1.54, 1.807) is 18.1 Å². The fourth-order valence-electron chi connectivity index (χ4n) is 1.83. The van der Waals surface area contributed by atoms with Gasteiger partial charge in [-0.15, -0.1) is 11.8 Å². The molecule has 5 heteroatoms. The van der Waals surface area contributed by atoms with E-state index in [-0.39, 0.29) is 0 Å². The number of thioether (sulfide) groups is 1. The predicted molar refractivity (Wildman–Crippen MR) is 65.8 cm³/mol. The summed E-state index contributed by atoms with van der Waals surface area (Å²) < 4.78 is 5.38. The highest BCUT2D eigenvalue weighted by molar-refractivity contribution is 7.98. The first-order valence-corrected chi connectivity index (χ1v) is 6.72. The van der Waals surface area contributed by atoms with Crippen molar-refractivity contribution in [1.82, 2.24) is 9.97 Å². The van der Waals surface area contributed by atoms with Crippen LogP contribution in [-0.4, -0.2) is 35.5 Å². The SMILES string of the molecule is CSc1cc(NC(C)C2CCOC2)ncn1. The molecule has 16 heavy (non-hydrogen) atoms. The molecule has 0 bridgehead atoms. The van der Waals surface area contributed by atoms with Crippen LogP contribution >= 0.6 is 11.8 Å². The Morgan fingerprint density at radius 1 is 1.56 bits per heavy atom. The Morgan fingerprint density at radius 3 is 3.12 bits per heavy atom. The van der Waals surface area contributed by atoms with E-state index in [0.717, 1.165) is 30.5 Å². The van der Waals surface area contributed by atoms with Crippen molar-refractivity contribution in [2.45, 2.75) is 24.4 Å². The number of ether oxygens (including phenoxy) is 1. The predicted octanol–water partition coefficient (Wildman–Crippen LogP) is 2.04. The molecule has 0 saturated carbocycles. The number of nitrogens with zero attached hydrogens (tertiary/aromatic N) is 2. The van der Waals surface area contributed by atoms with E-state index in [0.29, 0.717) is 12.0 Å². The Kier molecular flexibility index (Phi) is 4.01. The summed E-state index contributed by atoms with van der Waals surface area (Å²) in [6.07, 6.45) is 4.75. The van der Waals surface area contributed by atoms with Crippen LogP contribution in [0.25, 0.3) is 0 Å². The van der Waals surface area contributed by atoms with Gasteiger partial charge in [-0.3, -0.25) is 0 Å². The highest BCUT2D eigenvalue weighted by atomic mass is 32.2. The first kappa shape index (κ1) is 11.7. The van der Waals surface area contributed by atoms with Crippen molar-refractivity contribution in [3.8, 4) is 0 Å². The molecule has 0 radical (unpaired) electrons. The molecule has 0 amide bonds. The molecule has 1 aromatic heterocycles. The van der Waals surface area contributed by atoms with E-state index in [9.17, 15) is 0 Å². The first-order chi connectivity index (χ1) is 7.79. The lowest BCUT2D eigenvalue weighted by Gasteiger charge is -2.19. The van der Waals surface area contributed by atoms with Gasteiger partial charge in [0.05, 0.1) is 6.61 Å². The summed E-state index contributed by atoms with van der Waals surface area (Å²) in [6.45, 7) is 3.92. The first-order valence-electron chi connectivity index (χ1n) is 5.50. The summed E-state index contributed by atoms with van der Waals surface area (Å²) >= 11 is 1.63. The number of hydrogen-bond acceptors (Lipinski definition) is 5. The number of anilines is 1. The molecule has 0 aromatic carbocycles. The Morgan fingerprint density at radius 2 is 2.44 bits per heavy atom. The topological polar surface area (TPSA) is 47.0 Å². The molecule has 2 unspecified atom stereocenters. The van der Waals surface area contributed by atoms with Crippen LogP contribution < -0.4 is 5.32 Å². The van der Waals surface area contributed by atoms with Gasteiger partial charge in [0.25, 0.3) is 0 Å². The van der Waals surface area contributed by atoms with Crippen LogP contribution in [0, 0.1) is 5.92 Å². The molecule has 2 rings (SSSR count). The van der Waals surface area contributed by atoms with Crippen molar-refractivity contribution in [2.24, 2.45) is 5.92 Å². The summed E-state index contributed by atoms with van der Waals surface area (Å²) in [4.78, 5) is 8.37. The highest BCUT2D eigenvalue weighted by Crippen LogP contribution is 2.20. The lowest BCUT2D eigenvalue weighted by molar-refractivity contribution is 0.183. The number of rotatable bonds is 4. The van der Waals surface area contributed by atoms with Crippen LogP contribution in [0.3, 0.4) is 0 Å². The number of hydrogen-bond donors (Lipinski definition) is 1. The Bertz CT molecular complexity index is 342. The molecule has 0 aliphatic carbocycles. The van der Waals surface area contributed by atoms with Crippen molar-refractivity contribution in [3.05, 3.63) is 12.4 Å². The third-order valence-corrected chi connectivity index (χ3v) is 3.54. The van der Waals surface area contributed by atoms with Crippen LogP contribution in [0.4, 0.5) is 5.82 Å². The number of aromatic nitrogens is 2. The average molecular weight is 239 g/mol. The van der Waals surface area contributed by atoms with Gasteiger partial charge in [-0.2, -0.15) is 0 Å². The number of nitrogens with one attached hydrogen (secondary N) is 1. The van der Waals surface area contributed by atoms with Crippen LogP contribution in [0.1, 0.15) is 13.3 Å².